The van der Waals surface area contributed by atoms with Gasteiger partial charge in [0.1, 0.15) is 0 Å². The average molecular weight is 389 g/mol. The fraction of sp³-hybridized carbons (Fsp3) is 0.0714. The fourth-order valence-corrected chi connectivity index (χ4v) is 6.21. The molecule has 4 aromatic rings. The van der Waals surface area contributed by atoms with E-state index in [4.69, 9.17) is 11.6 Å². The van der Waals surface area contributed by atoms with E-state index in [1.165, 1.54) is 55.7 Å². The van der Waals surface area contributed by atoms with Gasteiger partial charge in [0, 0.05) is 5.02 Å². The molecule has 3 aliphatic rings. The molecule has 0 nitrogen and oxygen atoms in total. The Labute approximate surface area is 175 Å². The van der Waals surface area contributed by atoms with Gasteiger partial charge in [-0.15, -0.1) is 0 Å². The normalized spacial score (nSPS) is 19.8. The highest BCUT2D eigenvalue weighted by atomic mass is 35.5. The molecular formula is C28H17Cl. The van der Waals surface area contributed by atoms with E-state index in [-0.39, 0.29) is 5.41 Å². The summed E-state index contributed by atoms with van der Waals surface area (Å²) in [4.78, 5) is 0. The highest BCUT2D eigenvalue weighted by Crippen LogP contribution is 2.66. The third-order valence-corrected chi connectivity index (χ3v) is 7.23. The Bertz CT molecular complexity index is 1390. The predicted octanol–water partition coefficient (Wildman–Crippen LogP) is 7.14. The van der Waals surface area contributed by atoms with Crippen molar-refractivity contribution in [3.63, 3.8) is 0 Å². The Hall–Kier alpha value is -3.09. The van der Waals surface area contributed by atoms with Gasteiger partial charge in [0.15, 0.2) is 0 Å². The SMILES string of the molecule is Clc1ccc2c(c1)C1(C3=C(Cc4ccccc43)c3ccccc31)c1ccccc1-2. The van der Waals surface area contributed by atoms with Crippen molar-refractivity contribution < 1.29 is 0 Å². The lowest BCUT2D eigenvalue weighted by atomic mass is 9.68. The van der Waals surface area contributed by atoms with Gasteiger partial charge in [-0.1, -0.05) is 90.5 Å². The third kappa shape index (κ3) is 1.73. The van der Waals surface area contributed by atoms with Crippen LogP contribution in [0.25, 0.3) is 22.3 Å². The van der Waals surface area contributed by atoms with Crippen LogP contribution < -0.4 is 0 Å². The van der Waals surface area contributed by atoms with Crippen LogP contribution in [0.15, 0.2) is 91.0 Å². The Morgan fingerprint density at radius 2 is 1.21 bits per heavy atom. The van der Waals surface area contributed by atoms with Crippen LogP contribution in [0.4, 0.5) is 0 Å². The van der Waals surface area contributed by atoms with Crippen molar-refractivity contribution in [3.05, 3.63) is 129 Å². The molecule has 0 aliphatic heterocycles. The van der Waals surface area contributed by atoms with Crippen molar-refractivity contribution in [3.8, 4) is 11.1 Å². The second kappa shape index (κ2) is 5.28. The van der Waals surface area contributed by atoms with E-state index >= 15 is 0 Å². The van der Waals surface area contributed by atoms with E-state index in [9.17, 15) is 0 Å². The molecule has 0 fully saturated rings. The molecule has 1 atom stereocenters. The van der Waals surface area contributed by atoms with Crippen LogP contribution >= 0.6 is 11.6 Å². The number of hydrogen-bond donors (Lipinski definition) is 0. The van der Waals surface area contributed by atoms with E-state index in [2.05, 4.69) is 84.9 Å². The van der Waals surface area contributed by atoms with Gasteiger partial charge in [0.25, 0.3) is 0 Å². The molecule has 0 radical (unpaired) electrons. The van der Waals surface area contributed by atoms with Gasteiger partial charge in [-0.05, 0) is 74.2 Å². The number of allylic oxidation sites excluding steroid dienone is 2. The van der Waals surface area contributed by atoms with Crippen LogP contribution in [0.2, 0.25) is 5.02 Å². The van der Waals surface area contributed by atoms with Gasteiger partial charge in [-0.2, -0.15) is 0 Å². The molecule has 0 saturated carbocycles. The van der Waals surface area contributed by atoms with Crippen LogP contribution in [0.1, 0.15) is 33.4 Å². The smallest absolute Gasteiger partial charge is 0.0728 e. The molecule has 1 heteroatoms. The van der Waals surface area contributed by atoms with E-state index < -0.39 is 0 Å². The zero-order valence-electron chi connectivity index (χ0n) is 15.7. The maximum atomic E-state index is 6.58. The molecule has 136 valence electrons. The number of halogens is 1. The van der Waals surface area contributed by atoms with Crippen LogP contribution in [0.3, 0.4) is 0 Å². The summed E-state index contributed by atoms with van der Waals surface area (Å²) in [6, 6.07) is 33.2. The Morgan fingerprint density at radius 3 is 2.03 bits per heavy atom. The second-order valence-corrected chi connectivity index (χ2v) is 8.65. The maximum Gasteiger partial charge on any atom is 0.0728 e. The molecule has 0 amide bonds. The van der Waals surface area contributed by atoms with E-state index in [1.54, 1.807) is 0 Å². The van der Waals surface area contributed by atoms with Gasteiger partial charge in [-0.3, -0.25) is 0 Å². The number of hydrogen-bond acceptors (Lipinski definition) is 0. The number of fused-ring (bicyclic) bond motifs is 11. The molecular weight excluding hydrogens is 372 g/mol. The summed E-state index contributed by atoms with van der Waals surface area (Å²) in [5.74, 6) is 0. The summed E-state index contributed by atoms with van der Waals surface area (Å²) >= 11 is 6.58. The lowest BCUT2D eigenvalue weighted by Gasteiger charge is -2.33. The molecule has 0 N–H and O–H groups in total. The molecule has 29 heavy (non-hydrogen) atoms. The number of benzene rings is 4. The first-order chi connectivity index (χ1) is 14.3. The standard InChI is InChI=1S/C28H17Cl/c29-18-13-14-22-20-9-3-5-11-24(20)28(26(22)16-18)25-12-6-4-10-21(25)23-15-17-7-1-2-8-19(17)27(23)28/h1-14,16H,15H2. The summed E-state index contributed by atoms with van der Waals surface area (Å²) in [6.45, 7) is 0. The Kier molecular flexibility index (Phi) is 2.88. The van der Waals surface area contributed by atoms with Crippen molar-refractivity contribution >= 4 is 22.7 Å². The zero-order chi connectivity index (χ0) is 19.2. The second-order valence-electron chi connectivity index (χ2n) is 8.22. The highest BCUT2D eigenvalue weighted by molar-refractivity contribution is 6.31. The first-order valence-electron chi connectivity index (χ1n) is 10.1. The molecule has 4 aromatic carbocycles. The molecule has 1 unspecified atom stereocenters. The first kappa shape index (κ1) is 15.8. The van der Waals surface area contributed by atoms with Crippen molar-refractivity contribution in [1.82, 2.24) is 0 Å². The van der Waals surface area contributed by atoms with Crippen molar-refractivity contribution in [2.45, 2.75) is 11.8 Å². The van der Waals surface area contributed by atoms with Gasteiger partial charge in [-0.25, -0.2) is 0 Å². The van der Waals surface area contributed by atoms with Crippen molar-refractivity contribution in [2.24, 2.45) is 0 Å². The summed E-state index contributed by atoms with van der Waals surface area (Å²) in [5.41, 5.74) is 13.6. The van der Waals surface area contributed by atoms with Crippen LogP contribution in [0.5, 0.6) is 0 Å². The molecule has 7 rings (SSSR count). The molecule has 0 heterocycles. The summed E-state index contributed by atoms with van der Waals surface area (Å²) in [6.07, 6.45) is 1.00. The van der Waals surface area contributed by atoms with E-state index in [1.807, 2.05) is 6.07 Å². The minimum Gasteiger partial charge on any atom is -0.0843 e. The topological polar surface area (TPSA) is 0 Å². The van der Waals surface area contributed by atoms with Crippen LogP contribution in [0, 0.1) is 0 Å². The Morgan fingerprint density at radius 1 is 0.586 bits per heavy atom. The highest BCUT2D eigenvalue weighted by Gasteiger charge is 2.54. The minimum absolute atomic E-state index is 0.282. The summed E-state index contributed by atoms with van der Waals surface area (Å²) in [5, 5.41) is 0.800. The molecule has 0 aromatic heterocycles. The minimum atomic E-state index is -0.282. The zero-order valence-corrected chi connectivity index (χ0v) is 16.5. The summed E-state index contributed by atoms with van der Waals surface area (Å²) in [7, 11) is 0. The lowest BCUT2D eigenvalue weighted by Crippen LogP contribution is -2.26. The monoisotopic (exact) mass is 388 g/mol. The fourth-order valence-electron chi connectivity index (χ4n) is 6.04. The van der Waals surface area contributed by atoms with Crippen molar-refractivity contribution in [2.75, 3.05) is 0 Å². The molecule has 1 spiro atoms. The molecule has 0 bridgehead atoms. The van der Waals surface area contributed by atoms with E-state index in [0.29, 0.717) is 0 Å². The third-order valence-electron chi connectivity index (χ3n) is 6.99. The lowest BCUT2D eigenvalue weighted by molar-refractivity contribution is 0.842. The summed E-state index contributed by atoms with van der Waals surface area (Å²) < 4.78 is 0. The average Bonchev–Trinajstić information content (AvgIpc) is 3.37. The van der Waals surface area contributed by atoms with Gasteiger partial charge < -0.3 is 0 Å². The Balaban J connectivity index is 1.71. The van der Waals surface area contributed by atoms with Gasteiger partial charge in [0.05, 0.1) is 5.41 Å². The maximum absolute atomic E-state index is 6.58. The predicted molar refractivity (Wildman–Crippen MR) is 120 cm³/mol. The first-order valence-corrected chi connectivity index (χ1v) is 10.5. The van der Waals surface area contributed by atoms with Crippen LogP contribution in [-0.4, -0.2) is 0 Å². The molecule has 0 saturated heterocycles. The van der Waals surface area contributed by atoms with E-state index in [0.717, 1.165) is 11.4 Å². The van der Waals surface area contributed by atoms with Crippen molar-refractivity contribution in [1.29, 1.82) is 0 Å². The quantitative estimate of drug-likeness (QED) is 0.300. The van der Waals surface area contributed by atoms with Gasteiger partial charge in [0.2, 0.25) is 0 Å². The molecule has 3 aliphatic carbocycles. The largest absolute Gasteiger partial charge is 0.0843 e. The van der Waals surface area contributed by atoms with Crippen LogP contribution in [-0.2, 0) is 11.8 Å². The number of rotatable bonds is 0. The van der Waals surface area contributed by atoms with Gasteiger partial charge >= 0.3 is 0 Å².